The van der Waals surface area contributed by atoms with E-state index in [1.165, 1.54) is 0 Å². The van der Waals surface area contributed by atoms with Gasteiger partial charge in [0.05, 0.1) is 23.6 Å². The van der Waals surface area contributed by atoms with Crippen LogP contribution in [0.2, 0.25) is 0 Å². The monoisotopic (exact) mass is 292 g/mol. The van der Waals surface area contributed by atoms with Gasteiger partial charge < -0.3 is 10.1 Å². The molecule has 20 heavy (non-hydrogen) atoms. The molecule has 1 atom stereocenters. The highest BCUT2D eigenvalue weighted by Gasteiger charge is 2.14. The molecule has 0 bridgehead atoms. The second-order valence-electron chi connectivity index (χ2n) is 4.19. The predicted molar refractivity (Wildman–Crippen MR) is 83.0 cm³/mol. The molecular formula is C15H20N2O2S. The number of amides is 1. The highest BCUT2D eigenvalue weighted by molar-refractivity contribution is 8.00. The van der Waals surface area contributed by atoms with Crippen LogP contribution in [0.15, 0.2) is 24.3 Å². The molecule has 0 aliphatic heterocycles. The second kappa shape index (κ2) is 9.27. The van der Waals surface area contributed by atoms with Crippen LogP contribution in [0.25, 0.3) is 0 Å². The fourth-order valence-corrected chi connectivity index (χ4v) is 2.45. The molecule has 0 heterocycles. The number of thioether (sulfide) groups is 1. The molecule has 1 amide bonds. The summed E-state index contributed by atoms with van der Waals surface area (Å²) in [6.07, 6.45) is 1.35. The van der Waals surface area contributed by atoms with Crippen molar-refractivity contribution in [3.05, 3.63) is 24.3 Å². The Morgan fingerprint density at radius 2 is 2.25 bits per heavy atom. The summed E-state index contributed by atoms with van der Waals surface area (Å²) >= 11 is 1.56. The van der Waals surface area contributed by atoms with Gasteiger partial charge in [-0.25, -0.2) is 0 Å². The number of hydrogen-bond donors (Lipinski definition) is 1. The number of para-hydroxylation sites is 2. The zero-order chi connectivity index (χ0) is 14.8. The minimum atomic E-state index is -0.150. The molecule has 0 fully saturated rings. The van der Waals surface area contributed by atoms with Gasteiger partial charge in [-0.3, -0.25) is 4.79 Å². The molecule has 1 N–H and O–H groups in total. The fraction of sp³-hybridized carbons (Fsp3) is 0.467. The van der Waals surface area contributed by atoms with Gasteiger partial charge in [0.1, 0.15) is 5.75 Å². The van der Waals surface area contributed by atoms with Crippen LogP contribution in [0.3, 0.4) is 0 Å². The summed E-state index contributed by atoms with van der Waals surface area (Å²) in [7, 11) is 0. The quantitative estimate of drug-likeness (QED) is 0.745. The Balaban J connectivity index is 2.51. The largest absolute Gasteiger partial charge is 0.492 e. The second-order valence-corrected chi connectivity index (χ2v) is 5.64. The molecular weight excluding hydrogens is 272 g/mol. The Morgan fingerprint density at radius 3 is 2.95 bits per heavy atom. The highest BCUT2D eigenvalue weighted by Crippen LogP contribution is 2.25. The van der Waals surface area contributed by atoms with Gasteiger partial charge in [0.15, 0.2) is 0 Å². The Bertz CT molecular complexity index is 471. The Labute approximate surface area is 124 Å². The first-order valence-corrected chi connectivity index (χ1v) is 7.75. The van der Waals surface area contributed by atoms with Gasteiger partial charge in [0.2, 0.25) is 5.91 Å². The average Bonchev–Trinajstić information content (AvgIpc) is 2.45. The molecule has 0 saturated heterocycles. The summed E-state index contributed by atoms with van der Waals surface area (Å²) in [5.74, 6) is 1.46. The van der Waals surface area contributed by atoms with Gasteiger partial charge >= 0.3 is 0 Å². The van der Waals surface area contributed by atoms with E-state index in [4.69, 9.17) is 10.00 Å². The first kappa shape index (κ1) is 16.4. The van der Waals surface area contributed by atoms with Crippen molar-refractivity contribution in [1.82, 2.24) is 0 Å². The lowest BCUT2D eigenvalue weighted by atomic mass is 10.3. The van der Waals surface area contributed by atoms with Crippen molar-refractivity contribution in [2.75, 3.05) is 17.7 Å². The third-order valence-corrected chi connectivity index (χ3v) is 3.85. The lowest BCUT2D eigenvalue weighted by Crippen LogP contribution is -2.23. The minimum Gasteiger partial charge on any atom is -0.492 e. The Hall–Kier alpha value is -1.67. The zero-order valence-corrected chi connectivity index (χ0v) is 12.7. The van der Waals surface area contributed by atoms with Crippen molar-refractivity contribution in [2.45, 2.75) is 31.9 Å². The van der Waals surface area contributed by atoms with Gasteiger partial charge in [0, 0.05) is 6.42 Å². The van der Waals surface area contributed by atoms with E-state index in [9.17, 15) is 4.79 Å². The van der Waals surface area contributed by atoms with Crippen molar-refractivity contribution in [3.8, 4) is 11.8 Å². The summed E-state index contributed by atoms with van der Waals surface area (Å²) in [6, 6.07) is 9.51. The topological polar surface area (TPSA) is 62.1 Å². The maximum Gasteiger partial charge on any atom is 0.237 e. The molecule has 0 saturated carbocycles. The standard InChI is InChI=1S/C15H20N2O2S/c1-3-19-14-9-5-4-8-13(14)17-15(18)12(2)20-11-7-6-10-16/h4-5,8-9,12H,3,6-7,11H2,1-2H3,(H,17,18). The molecule has 0 aliphatic rings. The number of benzene rings is 1. The SMILES string of the molecule is CCOc1ccccc1NC(=O)C(C)SCCCC#N. The number of nitrogens with one attached hydrogen (secondary N) is 1. The average molecular weight is 292 g/mol. The van der Waals surface area contributed by atoms with Gasteiger partial charge in [-0.1, -0.05) is 12.1 Å². The number of hydrogen-bond acceptors (Lipinski definition) is 4. The molecule has 0 spiro atoms. The Morgan fingerprint density at radius 1 is 1.50 bits per heavy atom. The number of carbonyl (C=O) groups is 1. The van der Waals surface area contributed by atoms with E-state index in [1.54, 1.807) is 11.8 Å². The summed E-state index contributed by atoms with van der Waals surface area (Å²) in [5, 5.41) is 11.2. The number of ether oxygens (including phenoxy) is 1. The van der Waals surface area contributed by atoms with Gasteiger partial charge in [0.25, 0.3) is 0 Å². The maximum absolute atomic E-state index is 12.1. The molecule has 1 aromatic carbocycles. The number of anilines is 1. The van der Waals surface area contributed by atoms with E-state index in [0.29, 0.717) is 24.5 Å². The summed E-state index contributed by atoms with van der Waals surface area (Å²) in [4.78, 5) is 12.1. The molecule has 1 aromatic rings. The van der Waals surface area contributed by atoms with Crippen LogP contribution in [-0.4, -0.2) is 23.5 Å². The van der Waals surface area contributed by atoms with Crippen LogP contribution in [-0.2, 0) is 4.79 Å². The molecule has 108 valence electrons. The smallest absolute Gasteiger partial charge is 0.237 e. The fourth-order valence-electron chi connectivity index (χ4n) is 1.57. The molecule has 5 heteroatoms. The maximum atomic E-state index is 12.1. The molecule has 1 rings (SSSR count). The summed E-state index contributed by atoms with van der Waals surface area (Å²) < 4.78 is 5.47. The number of nitriles is 1. The molecule has 1 unspecified atom stereocenters. The van der Waals surface area contributed by atoms with Gasteiger partial charge in [-0.2, -0.15) is 5.26 Å². The van der Waals surface area contributed by atoms with Crippen molar-refractivity contribution in [1.29, 1.82) is 5.26 Å². The number of rotatable bonds is 8. The molecule has 0 radical (unpaired) electrons. The first-order chi connectivity index (χ1) is 9.69. The van der Waals surface area contributed by atoms with Crippen LogP contribution >= 0.6 is 11.8 Å². The third kappa shape index (κ3) is 5.54. The summed E-state index contributed by atoms with van der Waals surface area (Å²) in [5.41, 5.74) is 0.698. The predicted octanol–water partition coefficient (Wildman–Crippen LogP) is 3.45. The van der Waals surface area contributed by atoms with Crippen LogP contribution in [0.4, 0.5) is 5.69 Å². The minimum absolute atomic E-state index is 0.0425. The van der Waals surface area contributed by atoms with Gasteiger partial charge in [-0.05, 0) is 38.2 Å². The Kier molecular flexibility index (Phi) is 7.59. The molecule has 0 aliphatic carbocycles. The van der Waals surface area contributed by atoms with Crippen molar-refractivity contribution in [3.63, 3.8) is 0 Å². The normalized spacial score (nSPS) is 11.4. The van der Waals surface area contributed by atoms with E-state index in [1.807, 2.05) is 38.1 Å². The van der Waals surface area contributed by atoms with Crippen LogP contribution in [0, 0.1) is 11.3 Å². The van der Waals surface area contributed by atoms with Crippen LogP contribution < -0.4 is 10.1 Å². The van der Waals surface area contributed by atoms with Crippen molar-refractivity contribution in [2.24, 2.45) is 0 Å². The van der Waals surface area contributed by atoms with E-state index < -0.39 is 0 Å². The number of unbranched alkanes of at least 4 members (excludes halogenated alkanes) is 1. The van der Waals surface area contributed by atoms with Gasteiger partial charge in [-0.15, -0.1) is 11.8 Å². The third-order valence-electron chi connectivity index (χ3n) is 2.61. The first-order valence-electron chi connectivity index (χ1n) is 6.70. The molecule has 4 nitrogen and oxygen atoms in total. The number of carbonyl (C=O) groups excluding carboxylic acids is 1. The van der Waals surface area contributed by atoms with E-state index in [2.05, 4.69) is 11.4 Å². The van der Waals surface area contributed by atoms with Crippen molar-refractivity contribution < 1.29 is 9.53 Å². The highest BCUT2D eigenvalue weighted by atomic mass is 32.2. The van der Waals surface area contributed by atoms with E-state index in [0.717, 1.165) is 12.2 Å². The van der Waals surface area contributed by atoms with E-state index >= 15 is 0 Å². The zero-order valence-electron chi connectivity index (χ0n) is 11.9. The van der Waals surface area contributed by atoms with E-state index in [-0.39, 0.29) is 11.2 Å². The number of nitrogens with zero attached hydrogens (tertiary/aromatic N) is 1. The summed E-state index contributed by atoms with van der Waals surface area (Å²) in [6.45, 7) is 4.34. The van der Waals surface area contributed by atoms with Crippen molar-refractivity contribution >= 4 is 23.4 Å². The van der Waals surface area contributed by atoms with Crippen LogP contribution in [0.1, 0.15) is 26.7 Å². The lowest BCUT2D eigenvalue weighted by molar-refractivity contribution is -0.115. The molecule has 0 aromatic heterocycles. The lowest BCUT2D eigenvalue weighted by Gasteiger charge is -2.14. The van der Waals surface area contributed by atoms with Crippen LogP contribution in [0.5, 0.6) is 5.75 Å².